The maximum absolute atomic E-state index is 12.7. The quantitative estimate of drug-likeness (QED) is 0.933. The molecule has 6 nitrogen and oxygen atoms in total. The van der Waals surface area contributed by atoms with Gasteiger partial charge in [0.15, 0.2) is 0 Å². The molecule has 7 heteroatoms. The molecule has 1 saturated heterocycles. The molecular formula is C14H18N4O2S. The third-order valence-electron chi connectivity index (χ3n) is 3.67. The second-order valence-electron chi connectivity index (χ2n) is 5.03. The van der Waals surface area contributed by atoms with Crippen LogP contribution in [0.3, 0.4) is 0 Å². The number of nitrogens with two attached hydrogens (primary N) is 1. The molecule has 3 rings (SSSR count). The summed E-state index contributed by atoms with van der Waals surface area (Å²) < 4.78 is 5.61. The number of hydrogen-bond donors (Lipinski definition) is 1. The van der Waals surface area contributed by atoms with Gasteiger partial charge in [0.2, 0.25) is 0 Å². The number of ether oxygens (including phenoxy) is 1. The third-order valence-corrected chi connectivity index (χ3v) is 4.77. The molecular weight excluding hydrogens is 288 g/mol. The maximum atomic E-state index is 12.7. The number of likely N-dealkylation sites (N-methyl/N-ethyl adjacent to an activating group) is 1. The van der Waals surface area contributed by atoms with E-state index in [1.807, 2.05) is 6.92 Å². The number of carbonyl (C=O) groups is 1. The van der Waals surface area contributed by atoms with E-state index in [-0.39, 0.29) is 12.0 Å². The Bertz CT molecular complexity index is 651. The number of nitrogens with zero attached hydrogens (tertiary/aromatic N) is 3. The summed E-state index contributed by atoms with van der Waals surface area (Å²) in [5, 5.41) is 0. The normalized spacial score (nSPS) is 18.2. The number of aromatic nitrogens is 2. The number of thiophene rings is 1. The van der Waals surface area contributed by atoms with Crippen LogP contribution in [0, 0.1) is 0 Å². The number of nitrogen functional groups attached to an aromatic ring is 1. The highest BCUT2D eigenvalue weighted by Crippen LogP contribution is 2.31. The molecule has 0 aliphatic carbocycles. The van der Waals surface area contributed by atoms with Crippen molar-refractivity contribution in [1.82, 2.24) is 14.9 Å². The number of hydrogen-bond acceptors (Lipinski definition) is 6. The van der Waals surface area contributed by atoms with Crippen molar-refractivity contribution in [3.8, 4) is 0 Å². The molecule has 2 aromatic heterocycles. The average molecular weight is 306 g/mol. The zero-order valence-corrected chi connectivity index (χ0v) is 12.7. The molecule has 1 amide bonds. The van der Waals surface area contributed by atoms with Crippen molar-refractivity contribution in [2.24, 2.45) is 0 Å². The topological polar surface area (TPSA) is 81.3 Å². The van der Waals surface area contributed by atoms with Gasteiger partial charge in [0.05, 0.1) is 11.8 Å². The van der Waals surface area contributed by atoms with Crippen molar-refractivity contribution in [3.05, 3.63) is 17.3 Å². The maximum Gasteiger partial charge on any atom is 0.266 e. The molecule has 1 unspecified atom stereocenters. The number of amides is 1. The first-order chi connectivity index (χ1) is 10.2. The summed E-state index contributed by atoms with van der Waals surface area (Å²) in [6.45, 7) is 4.00. The predicted molar refractivity (Wildman–Crippen MR) is 82.4 cm³/mol. The van der Waals surface area contributed by atoms with E-state index in [1.165, 1.54) is 11.3 Å². The van der Waals surface area contributed by atoms with E-state index < -0.39 is 0 Å². The molecule has 0 aromatic carbocycles. The lowest BCUT2D eigenvalue weighted by Crippen LogP contribution is -2.37. The summed E-state index contributed by atoms with van der Waals surface area (Å²) >= 11 is 1.30. The van der Waals surface area contributed by atoms with Crippen molar-refractivity contribution >= 4 is 33.3 Å². The SMILES string of the molecule is CCN(CC1CCCO1)C(=O)c1sc2nccnc2c1N. The summed E-state index contributed by atoms with van der Waals surface area (Å²) in [4.78, 5) is 24.1. The van der Waals surface area contributed by atoms with Crippen LogP contribution >= 0.6 is 11.3 Å². The minimum atomic E-state index is -0.0599. The highest BCUT2D eigenvalue weighted by Gasteiger charge is 2.26. The first-order valence-corrected chi connectivity index (χ1v) is 7.92. The van der Waals surface area contributed by atoms with E-state index in [9.17, 15) is 4.79 Å². The van der Waals surface area contributed by atoms with Gasteiger partial charge in [0, 0.05) is 32.1 Å². The molecule has 3 heterocycles. The first kappa shape index (κ1) is 14.2. The fraction of sp³-hybridized carbons (Fsp3) is 0.500. The van der Waals surface area contributed by atoms with Crippen LogP contribution in [0.1, 0.15) is 29.4 Å². The third kappa shape index (κ3) is 2.71. The Labute approximate surface area is 126 Å². The summed E-state index contributed by atoms with van der Waals surface area (Å²) in [5.74, 6) is -0.0599. The van der Waals surface area contributed by atoms with Gasteiger partial charge in [-0.1, -0.05) is 0 Å². The molecule has 21 heavy (non-hydrogen) atoms. The Hall–Kier alpha value is -1.73. The Kier molecular flexibility index (Phi) is 4.03. The van der Waals surface area contributed by atoms with E-state index >= 15 is 0 Å². The average Bonchev–Trinajstić information content (AvgIpc) is 3.13. The van der Waals surface area contributed by atoms with Crippen LogP contribution in [0.15, 0.2) is 12.4 Å². The van der Waals surface area contributed by atoms with Crippen LogP contribution in [0.2, 0.25) is 0 Å². The summed E-state index contributed by atoms with van der Waals surface area (Å²) in [6, 6.07) is 0. The molecule has 1 aliphatic heterocycles. The van der Waals surface area contributed by atoms with Gasteiger partial charge in [-0.05, 0) is 19.8 Å². The lowest BCUT2D eigenvalue weighted by Gasteiger charge is -2.23. The fourth-order valence-corrected chi connectivity index (χ4v) is 3.53. The Morgan fingerprint density at radius 1 is 1.52 bits per heavy atom. The predicted octanol–water partition coefficient (Wildman–Crippen LogP) is 1.91. The molecule has 0 bridgehead atoms. The summed E-state index contributed by atoms with van der Waals surface area (Å²) in [7, 11) is 0. The minimum Gasteiger partial charge on any atom is -0.396 e. The standard InChI is InChI=1S/C14H18N4O2S/c1-2-18(8-9-4-3-7-20-9)14(19)12-10(15)11-13(21-12)17-6-5-16-11/h5-6,9H,2-4,7-8,15H2,1H3. The van der Waals surface area contributed by atoms with Crippen molar-refractivity contribution < 1.29 is 9.53 Å². The van der Waals surface area contributed by atoms with E-state index in [0.29, 0.717) is 34.0 Å². The largest absolute Gasteiger partial charge is 0.396 e. The zero-order chi connectivity index (χ0) is 14.8. The molecule has 0 saturated carbocycles. The van der Waals surface area contributed by atoms with E-state index in [2.05, 4.69) is 9.97 Å². The van der Waals surface area contributed by atoms with Crippen molar-refractivity contribution in [2.45, 2.75) is 25.9 Å². The second kappa shape index (κ2) is 5.95. The fourth-order valence-electron chi connectivity index (χ4n) is 2.54. The van der Waals surface area contributed by atoms with E-state index in [4.69, 9.17) is 10.5 Å². The van der Waals surface area contributed by atoms with Crippen molar-refractivity contribution in [1.29, 1.82) is 0 Å². The monoisotopic (exact) mass is 306 g/mol. The molecule has 2 N–H and O–H groups in total. The molecule has 0 radical (unpaired) electrons. The molecule has 1 fully saturated rings. The number of rotatable bonds is 4. The number of anilines is 1. The summed E-state index contributed by atoms with van der Waals surface area (Å²) in [6.07, 6.45) is 5.41. The minimum absolute atomic E-state index is 0.0599. The second-order valence-corrected chi connectivity index (χ2v) is 6.03. The lowest BCUT2D eigenvalue weighted by atomic mass is 10.2. The number of carbonyl (C=O) groups excluding carboxylic acids is 1. The van der Waals surface area contributed by atoms with Crippen LogP contribution in [0.5, 0.6) is 0 Å². The smallest absolute Gasteiger partial charge is 0.266 e. The Morgan fingerprint density at radius 3 is 3.00 bits per heavy atom. The molecule has 0 spiro atoms. The Balaban J connectivity index is 1.85. The first-order valence-electron chi connectivity index (χ1n) is 7.10. The van der Waals surface area contributed by atoms with Crippen LogP contribution in [-0.4, -0.2) is 46.6 Å². The molecule has 2 aromatic rings. The van der Waals surface area contributed by atoms with Gasteiger partial charge in [-0.25, -0.2) is 9.97 Å². The van der Waals surface area contributed by atoms with Crippen LogP contribution in [-0.2, 0) is 4.74 Å². The number of fused-ring (bicyclic) bond motifs is 1. The molecule has 112 valence electrons. The van der Waals surface area contributed by atoms with Gasteiger partial charge in [-0.3, -0.25) is 4.79 Å². The van der Waals surface area contributed by atoms with Gasteiger partial charge in [0.1, 0.15) is 15.2 Å². The van der Waals surface area contributed by atoms with Crippen LogP contribution in [0.4, 0.5) is 5.69 Å². The van der Waals surface area contributed by atoms with Gasteiger partial charge < -0.3 is 15.4 Å². The van der Waals surface area contributed by atoms with Gasteiger partial charge in [-0.2, -0.15) is 0 Å². The lowest BCUT2D eigenvalue weighted by molar-refractivity contribution is 0.0543. The zero-order valence-electron chi connectivity index (χ0n) is 11.9. The van der Waals surface area contributed by atoms with Gasteiger partial charge in [0.25, 0.3) is 5.91 Å². The van der Waals surface area contributed by atoms with Crippen LogP contribution in [0.25, 0.3) is 10.3 Å². The van der Waals surface area contributed by atoms with Crippen molar-refractivity contribution in [3.63, 3.8) is 0 Å². The van der Waals surface area contributed by atoms with Crippen molar-refractivity contribution in [2.75, 3.05) is 25.4 Å². The summed E-state index contributed by atoms with van der Waals surface area (Å²) in [5.41, 5.74) is 7.11. The highest BCUT2D eigenvalue weighted by atomic mass is 32.1. The highest BCUT2D eigenvalue weighted by molar-refractivity contribution is 7.21. The molecule has 1 atom stereocenters. The van der Waals surface area contributed by atoms with E-state index in [0.717, 1.165) is 19.4 Å². The molecule has 1 aliphatic rings. The van der Waals surface area contributed by atoms with Gasteiger partial charge in [-0.15, -0.1) is 11.3 Å². The van der Waals surface area contributed by atoms with Gasteiger partial charge >= 0.3 is 0 Å². The van der Waals surface area contributed by atoms with Crippen LogP contribution < -0.4 is 5.73 Å². The van der Waals surface area contributed by atoms with E-state index in [1.54, 1.807) is 17.3 Å². The Morgan fingerprint density at radius 2 is 2.33 bits per heavy atom.